The van der Waals surface area contributed by atoms with E-state index in [0.29, 0.717) is 18.2 Å². The molecule has 0 spiro atoms. The van der Waals surface area contributed by atoms with Gasteiger partial charge in [-0.25, -0.2) is 0 Å². The summed E-state index contributed by atoms with van der Waals surface area (Å²) in [6.07, 6.45) is 1.48. The zero-order valence-corrected chi connectivity index (χ0v) is 5.11. The first-order valence-corrected chi connectivity index (χ1v) is 2.84. The largest absolute Gasteiger partial charge is 0.303 e. The number of carbonyl (C=O) groups excluding carboxylic acids is 1. The Hall–Kier alpha value is -0.0400. The van der Waals surface area contributed by atoms with Gasteiger partial charge in [0.25, 0.3) is 0 Å². The lowest BCUT2D eigenvalue weighted by Gasteiger charge is -1.96. The minimum atomic E-state index is 0.346. The third-order valence-corrected chi connectivity index (χ3v) is 1.29. The van der Waals surface area contributed by atoms with Crippen LogP contribution in [0.5, 0.6) is 0 Å². The Morgan fingerprint density at radius 2 is 2.43 bits per heavy atom. The average molecular weight is 121 g/mol. The van der Waals surface area contributed by atoms with Gasteiger partial charge in [0.15, 0.2) is 0 Å². The quantitative estimate of drug-likeness (QED) is 0.407. The van der Waals surface area contributed by atoms with E-state index in [4.69, 9.17) is 11.6 Å². The Bertz CT molecular complexity index is 54.0. The summed E-state index contributed by atoms with van der Waals surface area (Å²) in [5, 5.41) is 0. The van der Waals surface area contributed by atoms with Crippen LogP contribution < -0.4 is 0 Å². The highest BCUT2D eigenvalue weighted by Crippen LogP contribution is 1.99. The van der Waals surface area contributed by atoms with Gasteiger partial charge in [-0.3, -0.25) is 0 Å². The van der Waals surface area contributed by atoms with Crippen molar-refractivity contribution in [3.8, 4) is 0 Å². The van der Waals surface area contributed by atoms with E-state index < -0.39 is 0 Å². The number of alkyl halides is 1. The zero-order valence-electron chi connectivity index (χ0n) is 4.36. The Balaban J connectivity index is 2.98. The Kier molecular flexibility index (Phi) is 4.10. The van der Waals surface area contributed by atoms with Gasteiger partial charge in [0, 0.05) is 12.3 Å². The summed E-state index contributed by atoms with van der Waals surface area (Å²) in [5.74, 6) is 0.929. The van der Waals surface area contributed by atoms with Crippen molar-refractivity contribution >= 4 is 17.9 Å². The minimum absolute atomic E-state index is 0.346. The molecule has 0 aromatic carbocycles. The van der Waals surface area contributed by atoms with Crippen molar-refractivity contribution in [1.29, 1.82) is 0 Å². The molecule has 0 aromatic rings. The first-order chi connectivity index (χ1) is 3.31. The van der Waals surface area contributed by atoms with E-state index in [1.165, 1.54) is 0 Å². The van der Waals surface area contributed by atoms with Crippen LogP contribution in [0, 0.1) is 5.92 Å². The smallest absolute Gasteiger partial charge is 0.120 e. The van der Waals surface area contributed by atoms with Crippen molar-refractivity contribution in [3.05, 3.63) is 0 Å². The molecular formula is C5H9ClO. The highest BCUT2D eigenvalue weighted by atomic mass is 35.5. The summed E-state index contributed by atoms with van der Waals surface area (Å²) in [5.41, 5.74) is 0. The molecule has 0 saturated carbocycles. The highest BCUT2D eigenvalue weighted by Gasteiger charge is 1.94. The van der Waals surface area contributed by atoms with Crippen LogP contribution in [0.4, 0.5) is 0 Å². The normalized spacial score (nSPS) is 13.4. The molecule has 0 aliphatic heterocycles. The van der Waals surface area contributed by atoms with Crippen molar-refractivity contribution < 1.29 is 4.79 Å². The fraction of sp³-hybridized carbons (Fsp3) is 0.800. The van der Waals surface area contributed by atoms with Crippen LogP contribution in [-0.2, 0) is 4.79 Å². The van der Waals surface area contributed by atoms with Crippen molar-refractivity contribution in [3.63, 3.8) is 0 Å². The molecule has 0 rings (SSSR count). The zero-order chi connectivity index (χ0) is 5.70. The Morgan fingerprint density at radius 3 is 2.57 bits per heavy atom. The van der Waals surface area contributed by atoms with E-state index in [1.54, 1.807) is 0 Å². The number of hydrogen-bond acceptors (Lipinski definition) is 1. The molecule has 7 heavy (non-hydrogen) atoms. The van der Waals surface area contributed by atoms with E-state index in [1.807, 2.05) is 6.92 Å². The van der Waals surface area contributed by atoms with Crippen molar-refractivity contribution in [2.45, 2.75) is 13.3 Å². The second-order valence-electron chi connectivity index (χ2n) is 1.66. The molecule has 42 valence electrons. The number of carbonyl (C=O) groups is 1. The molecule has 0 N–H and O–H groups in total. The summed E-state index contributed by atoms with van der Waals surface area (Å²) in [6, 6.07) is 0. The van der Waals surface area contributed by atoms with Crippen LogP contribution in [0.1, 0.15) is 13.3 Å². The highest BCUT2D eigenvalue weighted by molar-refractivity contribution is 6.18. The molecule has 0 heterocycles. The van der Waals surface area contributed by atoms with Gasteiger partial charge in [0.2, 0.25) is 0 Å². The topological polar surface area (TPSA) is 17.1 Å². The number of aldehydes is 1. The summed E-state index contributed by atoms with van der Waals surface area (Å²) in [4.78, 5) is 9.72. The molecule has 0 aliphatic rings. The summed E-state index contributed by atoms with van der Waals surface area (Å²) in [7, 11) is 0. The number of halogens is 1. The van der Waals surface area contributed by atoms with Crippen molar-refractivity contribution in [2.75, 3.05) is 5.88 Å². The molecule has 0 amide bonds. The fourth-order valence-corrected chi connectivity index (χ4v) is 0.353. The van der Waals surface area contributed by atoms with Gasteiger partial charge >= 0.3 is 0 Å². The SMILES string of the molecule is CC(CCl)CC=O. The monoisotopic (exact) mass is 120 g/mol. The molecule has 0 aromatic heterocycles. The maximum atomic E-state index is 9.72. The maximum Gasteiger partial charge on any atom is 0.120 e. The van der Waals surface area contributed by atoms with Gasteiger partial charge in [0.1, 0.15) is 6.29 Å². The van der Waals surface area contributed by atoms with Crippen molar-refractivity contribution in [1.82, 2.24) is 0 Å². The van der Waals surface area contributed by atoms with E-state index in [0.717, 1.165) is 6.29 Å². The Morgan fingerprint density at radius 1 is 1.86 bits per heavy atom. The molecule has 2 heteroatoms. The lowest BCUT2D eigenvalue weighted by molar-refractivity contribution is -0.108. The molecule has 0 fully saturated rings. The van der Waals surface area contributed by atoms with Gasteiger partial charge in [-0.2, -0.15) is 0 Å². The lowest BCUT2D eigenvalue weighted by atomic mass is 10.2. The molecule has 1 nitrogen and oxygen atoms in total. The maximum absolute atomic E-state index is 9.72. The van der Waals surface area contributed by atoms with E-state index in [2.05, 4.69) is 0 Å². The Labute approximate surface area is 48.7 Å². The third kappa shape index (κ3) is 3.80. The molecule has 1 unspecified atom stereocenters. The first-order valence-electron chi connectivity index (χ1n) is 2.31. The van der Waals surface area contributed by atoms with E-state index in [9.17, 15) is 4.79 Å². The summed E-state index contributed by atoms with van der Waals surface area (Å²) in [6.45, 7) is 1.95. The molecule has 0 aliphatic carbocycles. The van der Waals surface area contributed by atoms with E-state index >= 15 is 0 Å². The third-order valence-electron chi connectivity index (χ3n) is 0.762. The predicted octanol–water partition coefficient (Wildman–Crippen LogP) is 1.45. The van der Waals surface area contributed by atoms with Gasteiger partial charge in [0.05, 0.1) is 0 Å². The number of hydrogen-bond donors (Lipinski definition) is 0. The van der Waals surface area contributed by atoms with E-state index in [-0.39, 0.29) is 0 Å². The number of rotatable bonds is 3. The van der Waals surface area contributed by atoms with Crippen LogP contribution in [0.25, 0.3) is 0 Å². The van der Waals surface area contributed by atoms with Crippen LogP contribution in [0.3, 0.4) is 0 Å². The fourth-order valence-electron chi connectivity index (χ4n) is 0.227. The molecule has 0 bridgehead atoms. The van der Waals surface area contributed by atoms with Crippen molar-refractivity contribution in [2.24, 2.45) is 5.92 Å². The minimum Gasteiger partial charge on any atom is -0.303 e. The van der Waals surface area contributed by atoms with Gasteiger partial charge in [-0.05, 0) is 5.92 Å². The van der Waals surface area contributed by atoms with Crippen LogP contribution in [0.2, 0.25) is 0 Å². The standard InChI is InChI=1S/C5H9ClO/c1-5(4-6)2-3-7/h3,5H,2,4H2,1H3. The lowest BCUT2D eigenvalue weighted by Crippen LogP contribution is -1.94. The van der Waals surface area contributed by atoms with Gasteiger partial charge < -0.3 is 4.79 Å². The molecular weight excluding hydrogens is 112 g/mol. The predicted molar refractivity (Wildman–Crippen MR) is 30.6 cm³/mol. The molecule has 1 atom stereocenters. The molecule has 0 radical (unpaired) electrons. The average Bonchev–Trinajstić information content (AvgIpc) is 1.68. The van der Waals surface area contributed by atoms with Crippen LogP contribution in [-0.4, -0.2) is 12.2 Å². The van der Waals surface area contributed by atoms with Crippen LogP contribution >= 0.6 is 11.6 Å². The summed E-state index contributed by atoms with van der Waals surface area (Å²) >= 11 is 5.37. The van der Waals surface area contributed by atoms with Gasteiger partial charge in [-0.15, -0.1) is 11.6 Å². The summed E-state index contributed by atoms with van der Waals surface area (Å²) < 4.78 is 0. The molecule has 0 saturated heterocycles. The van der Waals surface area contributed by atoms with Crippen LogP contribution in [0.15, 0.2) is 0 Å². The van der Waals surface area contributed by atoms with Gasteiger partial charge in [-0.1, -0.05) is 6.92 Å². The second-order valence-corrected chi connectivity index (χ2v) is 1.97. The second kappa shape index (κ2) is 4.13. The first kappa shape index (κ1) is 6.96.